The normalized spacial score (nSPS) is 20.0. The minimum atomic E-state index is 0.170. The molecule has 1 saturated heterocycles. The molecular formula is C29H39N3O2. The lowest BCUT2D eigenvalue weighted by Crippen LogP contribution is -2.53. The minimum Gasteiger partial charge on any atom is -0.491 e. The minimum absolute atomic E-state index is 0.170. The highest BCUT2D eigenvalue weighted by Crippen LogP contribution is 2.29. The molecule has 2 heterocycles. The van der Waals surface area contributed by atoms with E-state index in [9.17, 15) is 4.79 Å². The van der Waals surface area contributed by atoms with E-state index < -0.39 is 0 Å². The van der Waals surface area contributed by atoms with Gasteiger partial charge in [0.1, 0.15) is 5.75 Å². The van der Waals surface area contributed by atoms with E-state index in [0.29, 0.717) is 12.5 Å². The van der Waals surface area contributed by atoms with Gasteiger partial charge in [-0.25, -0.2) is 0 Å². The number of benzene rings is 2. The van der Waals surface area contributed by atoms with Crippen LogP contribution < -0.4 is 4.74 Å². The van der Waals surface area contributed by atoms with Crippen LogP contribution in [0.3, 0.4) is 0 Å². The number of piperazine rings is 1. The first-order valence-electron chi connectivity index (χ1n) is 13.2. The fraction of sp³-hybridized carbons (Fsp3) is 0.552. The highest BCUT2D eigenvalue weighted by atomic mass is 16.5. The molecule has 1 saturated carbocycles. The summed E-state index contributed by atoms with van der Waals surface area (Å²) in [4.78, 5) is 20.0. The lowest BCUT2D eigenvalue weighted by molar-refractivity contribution is -0.134. The third-order valence-corrected chi connectivity index (χ3v) is 7.70. The van der Waals surface area contributed by atoms with Crippen molar-refractivity contribution in [2.45, 2.75) is 64.6 Å². The van der Waals surface area contributed by atoms with Gasteiger partial charge in [-0.1, -0.05) is 43.2 Å². The second kappa shape index (κ2) is 10.5. The summed E-state index contributed by atoms with van der Waals surface area (Å²) >= 11 is 0. The average Bonchev–Trinajstić information content (AvgIpc) is 3.39. The summed E-state index contributed by atoms with van der Waals surface area (Å²) in [5, 5.41) is 0. The molecule has 0 aromatic heterocycles. The summed E-state index contributed by atoms with van der Waals surface area (Å²) in [5.41, 5.74) is 5.18. The smallest absolute Gasteiger partial charge is 0.236 e. The van der Waals surface area contributed by atoms with Crippen LogP contribution >= 0.6 is 0 Å². The number of hydrogen-bond acceptors (Lipinski definition) is 4. The Hall–Kier alpha value is -2.37. The molecule has 182 valence electrons. The Kier molecular flexibility index (Phi) is 7.21. The van der Waals surface area contributed by atoms with Gasteiger partial charge in [-0.2, -0.15) is 0 Å². The maximum absolute atomic E-state index is 13.0. The predicted octanol–water partition coefficient (Wildman–Crippen LogP) is 4.59. The van der Waals surface area contributed by atoms with Gasteiger partial charge in [-0.15, -0.1) is 0 Å². The van der Waals surface area contributed by atoms with Gasteiger partial charge in [-0.3, -0.25) is 14.6 Å². The molecule has 0 bridgehead atoms. The van der Waals surface area contributed by atoms with Crippen LogP contribution in [0.5, 0.6) is 5.75 Å². The summed E-state index contributed by atoms with van der Waals surface area (Å²) in [6.07, 6.45) is 6.61. The molecule has 3 aliphatic rings. The Morgan fingerprint density at radius 2 is 1.71 bits per heavy atom. The molecule has 0 N–H and O–H groups in total. The second-order valence-electron chi connectivity index (χ2n) is 10.5. The second-order valence-corrected chi connectivity index (χ2v) is 10.5. The van der Waals surface area contributed by atoms with Crippen LogP contribution in [0.2, 0.25) is 0 Å². The van der Waals surface area contributed by atoms with E-state index in [1.54, 1.807) is 0 Å². The number of ether oxygens (including phenoxy) is 1. The van der Waals surface area contributed by atoms with Crippen LogP contribution in [-0.4, -0.2) is 72.0 Å². The van der Waals surface area contributed by atoms with E-state index in [4.69, 9.17) is 4.74 Å². The molecule has 34 heavy (non-hydrogen) atoms. The lowest BCUT2D eigenvalue weighted by Gasteiger charge is -2.39. The molecule has 2 aliphatic heterocycles. The Balaban J connectivity index is 1.16. The van der Waals surface area contributed by atoms with E-state index in [0.717, 1.165) is 57.5 Å². The molecule has 2 aromatic rings. The van der Waals surface area contributed by atoms with Crippen molar-refractivity contribution < 1.29 is 9.53 Å². The zero-order chi connectivity index (χ0) is 23.5. The largest absolute Gasteiger partial charge is 0.491 e. The number of carbonyl (C=O) groups excluding carboxylic acids is 1. The van der Waals surface area contributed by atoms with Crippen molar-refractivity contribution in [1.29, 1.82) is 0 Å². The monoisotopic (exact) mass is 461 g/mol. The summed E-state index contributed by atoms with van der Waals surface area (Å²) in [7, 11) is 0. The van der Waals surface area contributed by atoms with Crippen molar-refractivity contribution in [3.05, 3.63) is 53.6 Å². The summed E-state index contributed by atoms with van der Waals surface area (Å²) < 4.78 is 5.88. The molecule has 5 nitrogen and oxygen atoms in total. The van der Waals surface area contributed by atoms with Gasteiger partial charge in [0.25, 0.3) is 0 Å². The molecule has 0 radical (unpaired) electrons. The molecular weight excluding hydrogens is 422 g/mol. The van der Waals surface area contributed by atoms with Gasteiger partial charge in [0, 0.05) is 45.3 Å². The van der Waals surface area contributed by atoms with E-state index in [2.05, 4.69) is 64.9 Å². The Morgan fingerprint density at radius 3 is 2.47 bits per heavy atom. The Morgan fingerprint density at radius 1 is 0.941 bits per heavy atom. The van der Waals surface area contributed by atoms with E-state index in [1.807, 2.05) is 6.07 Å². The first kappa shape index (κ1) is 23.4. The zero-order valence-electron chi connectivity index (χ0n) is 20.8. The topological polar surface area (TPSA) is 36.0 Å². The van der Waals surface area contributed by atoms with E-state index >= 15 is 0 Å². The number of nitrogens with zero attached hydrogens (tertiary/aromatic N) is 3. The highest BCUT2D eigenvalue weighted by Gasteiger charge is 2.29. The summed E-state index contributed by atoms with van der Waals surface area (Å²) in [6, 6.07) is 15.9. The Labute approximate surface area is 204 Å². The molecule has 1 amide bonds. The highest BCUT2D eigenvalue weighted by molar-refractivity contribution is 5.78. The quantitative estimate of drug-likeness (QED) is 0.631. The third-order valence-electron chi connectivity index (χ3n) is 7.70. The number of carbonyl (C=O) groups is 1. The predicted molar refractivity (Wildman–Crippen MR) is 137 cm³/mol. The maximum atomic E-state index is 13.0. The molecule has 0 atom stereocenters. The molecule has 5 heteroatoms. The van der Waals surface area contributed by atoms with Crippen molar-refractivity contribution in [2.75, 3.05) is 39.3 Å². The van der Waals surface area contributed by atoms with Crippen LogP contribution in [0.25, 0.3) is 11.1 Å². The van der Waals surface area contributed by atoms with Gasteiger partial charge in [0.05, 0.1) is 12.6 Å². The van der Waals surface area contributed by atoms with Gasteiger partial charge in [0.15, 0.2) is 0 Å². The Bertz CT molecular complexity index is 991. The number of rotatable bonds is 6. The summed E-state index contributed by atoms with van der Waals surface area (Å²) in [5.74, 6) is 1.21. The number of fused-ring (bicyclic) bond motifs is 1. The van der Waals surface area contributed by atoms with E-state index in [1.165, 1.54) is 47.9 Å². The molecule has 0 spiro atoms. The van der Waals surface area contributed by atoms with Gasteiger partial charge in [-0.05, 0) is 67.5 Å². The van der Waals surface area contributed by atoms with Crippen LogP contribution in [0.4, 0.5) is 0 Å². The van der Waals surface area contributed by atoms with Gasteiger partial charge < -0.3 is 9.64 Å². The number of hydrogen-bond donors (Lipinski definition) is 0. The van der Waals surface area contributed by atoms with Crippen molar-refractivity contribution in [3.8, 4) is 16.9 Å². The van der Waals surface area contributed by atoms with Crippen LogP contribution in [-0.2, 0) is 17.8 Å². The zero-order valence-corrected chi connectivity index (χ0v) is 20.8. The lowest BCUT2D eigenvalue weighted by atomic mass is 9.94. The fourth-order valence-corrected chi connectivity index (χ4v) is 5.84. The van der Waals surface area contributed by atoms with Crippen molar-refractivity contribution in [3.63, 3.8) is 0 Å². The third kappa shape index (κ3) is 5.47. The SMILES string of the molecule is CC(C)Oc1cccc(-c2ccc3c(c2)CCN(CC(=O)N2CCN(C4CCCC4)CC2)C3)c1. The number of amides is 1. The first-order chi connectivity index (χ1) is 16.5. The molecule has 0 unspecified atom stereocenters. The fourth-order valence-electron chi connectivity index (χ4n) is 5.84. The molecule has 2 aromatic carbocycles. The first-order valence-corrected chi connectivity index (χ1v) is 13.2. The van der Waals surface area contributed by atoms with Gasteiger partial charge >= 0.3 is 0 Å². The van der Waals surface area contributed by atoms with Crippen molar-refractivity contribution in [2.24, 2.45) is 0 Å². The summed E-state index contributed by atoms with van der Waals surface area (Å²) in [6.45, 7) is 10.3. The maximum Gasteiger partial charge on any atom is 0.236 e. The van der Waals surface area contributed by atoms with E-state index in [-0.39, 0.29) is 6.10 Å². The van der Waals surface area contributed by atoms with Crippen LogP contribution in [0.1, 0.15) is 50.7 Å². The molecule has 5 rings (SSSR count). The standard InChI is InChI=1S/C29H39N3O2/c1-22(2)34-28-9-5-6-23(19-28)24-10-11-26-20-30(13-12-25(26)18-24)21-29(33)32-16-14-31(15-17-32)27-7-3-4-8-27/h5-6,9-11,18-19,22,27H,3-4,7-8,12-17,20-21H2,1-2H3. The van der Waals surface area contributed by atoms with Crippen LogP contribution in [0, 0.1) is 0 Å². The van der Waals surface area contributed by atoms with Crippen molar-refractivity contribution in [1.82, 2.24) is 14.7 Å². The molecule has 1 aliphatic carbocycles. The van der Waals surface area contributed by atoms with Crippen molar-refractivity contribution >= 4 is 5.91 Å². The molecule has 2 fully saturated rings. The average molecular weight is 462 g/mol. The van der Waals surface area contributed by atoms with Gasteiger partial charge in [0.2, 0.25) is 5.91 Å². The van der Waals surface area contributed by atoms with Crippen LogP contribution in [0.15, 0.2) is 42.5 Å².